The lowest BCUT2D eigenvalue weighted by atomic mass is 9.84. The highest BCUT2D eigenvalue weighted by Crippen LogP contribution is 2.36. The van der Waals surface area contributed by atoms with Gasteiger partial charge >= 0.3 is 0 Å². The Balaban J connectivity index is 1.92. The second-order valence-electron chi connectivity index (χ2n) is 5.31. The molecule has 104 valence electrons. The van der Waals surface area contributed by atoms with Gasteiger partial charge in [-0.1, -0.05) is 12.5 Å². The van der Waals surface area contributed by atoms with Crippen LogP contribution < -0.4 is 15.8 Å². The van der Waals surface area contributed by atoms with Crippen molar-refractivity contribution in [2.24, 2.45) is 11.1 Å². The maximum absolute atomic E-state index is 12.2. The van der Waals surface area contributed by atoms with Crippen molar-refractivity contribution in [1.82, 2.24) is 10.3 Å². The standard InChI is InChI=1S/C14H21N3O2/c1-14(7-3-4-11(14)15)13(18)17-9-10-5-6-12(19-2)16-8-10/h5-6,8,11H,3-4,7,9,15H2,1-2H3,(H,17,18). The molecule has 0 aliphatic heterocycles. The van der Waals surface area contributed by atoms with Crippen LogP contribution in [-0.2, 0) is 11.3 Å². The first-order chi connectivity index (χ1) is 9.06. The highest BCUT2D eigenvalue weighted by molar-refractivity contribution is 5.83. The van der Waals surface area contributed by atoms with E-state index < -0.39 is 5.41 Å². The molecule has 5 heteroatoms. The van der Waals surface area contributed by atoms with Gasteiger partial charge in [0, 0.05) is 24.8 Å². The Morgan fingerprint density at radius 1 is 1.63 bits per heavy atom. The zero-order chi connectivity index (χ0) is 13.9. The number of rotatable bonds is 4. The monoisotopic (exact) mass is 263 g/mol. The number of nitrogens with one attached hydrogen (secondary N) is 1. The summed E-state index contributed by atoms with van der Waals surface area (Å²) >= 11 is 0. The topological polar surface area (TPSA) is 77.2 Å². The molecule has 19 heavy (non-hydrogen) atoms. The SMILES string of the molecule is COc1ccc(CNC(=O)C2(C)CCCC2N)cn1. The number of amides is 1. The predicted octanol–water partition coefficient (Wildman–Crippen LogP) is 1.22. The minimum Gasteiger partial charge on any atom is -0.481 e. The molecule has 1 amide bonds. The number of carbonyl (C=O) groups is 1. The highest BCUT2D eigenvalue weighted by atomic mass is 16.5. The second-order valence-corrected chi connectivity index (χ2v) is 5.31. The van der Waals surface area contributed by atoms with Crippen molar-refractivity contribution in [2.45, 2.75) is 38.8 Å². The van der Waals surface area contributed by atoms with Crippen LogP contribution in [0.1, 0.15) is 31.7 Å². The van der Waals surface area contributed by atoms with E-state index in [4.69, 9.17) is 10.5 Å². The first kappa shape index (κ1) is 13.8. The highest BCUT2D eigenvalue weighted by Gasteiger charge is 2.42. The summed E-state index contributed by atoms with van der Waals surface area (Å²) in [6.07, 6.45) is 4.51. The van der Waals surface area contributed by atoms with E-state index in [-0.39, 0.29) is 11.9 Å². The number of nitrogens with zero attached hydrogens (tertiary/aromatic N) is 1. The van der Waals surface area contributed by atoms with Crippen LogP contribution in [0.3, 0.4) is 0 Å². The summed E-state index contributed by atoms with van der Waals surface area (Å²) in [4.78, 5) is 16.3. The van der Waals surface area contributed by atoms with Crippen LogP contribution in [0.25, 0.3) is 0 Å². The van der Waals surface area contributed by atoms with Gasteiger partial charge in [-0.2, -0.15) is 0 Å². The molecule has 0 spiro atoms. The van der Waals surface area contributed by atoms with Gasteiger partial charge in [0.05, 0.1) is 12.5 Å². The normalized spacial score (nSPS) is 26.2. The summed E-state index contributed by atoms with van der Waals surface area (Å²) in [5.41, 5.74) is 6.55. The number of carbonyl (C=O) groups excluding carboxylic acids is 1. The van der Waals surface area contributed by atoms with E-state index in [2.05, 4.69) is 10.3 Å². The Morgan fingerprint density at radius 2 is 2.42 bits per heavy atom. The number of ether oxygens (including phenoxy) is 1. The lowest BCUT2D eigenvalue weighted by molar-refractivity contribution is -0.130. The van der Waals surface area contributed by atoms with Crippen molar-refractivity contribution in [3.8, 4) is 5.88 Å². The molecule has 0 aromatic carbocycles. The largest absolute Gasteiger partial charge is 0.481 e. The van der Waals surface area contributed by atoms with Gasteiger partial charge in [0.25, 0.3) is 0 Å². The van der Waals surface area contributed by atoms with Crippen LogP contribution in [0.5, 0.6) is 5.88 Å². The van der Waals surface area contributed by atoms with Crippen LogP contribution in [0.15, 0.2) is 18.3 Å². The van der Waals surface area contributed by atoms with E-state index in [1.54, 1.807) is 19.4 Å². The van der Waals surface area contributed by atoms with Crippen LogP contribution in [-0.4, -0.2) is 24.0 Å². The predicted molar refractivity (Wildman–Crippen MR) is 72.6 cm³/mol. The Hall–Kier alpha value is -1.62. The summed E-state index contributed by atoms with van der Waals surface area (Å²) in [7, 11) is 1.58. The molecule has 1 heterocycles. The van der Waals surface area contributed by atoms with Crippen molar-refractivity contribution in [3.05, 3.63) is 23.9 Å². The summed E-state index contributed by atoms with van der Waals surface area (Å²) in [5, 5.41) is 2.95. The average Bonchev–Trinajstić information content (AvgIpc) is 2.78. The molecular formula is C14H21N3O2. The molecule has 1 aliphatic rings. The maximum Gasteiger partial charge on any atom is 0.227 e. The van der Waals surface area contributed by atoms with Crippen molar-refractivity contribution >= 4 is 5.91 Å². The van der Waals surface area contributed by atoms with Gasteiger partial charge in [-0.3, -0.25) is 4.79 Å². The van der Waals surface area contributed by atoms with Gasteiger partial charge in [0.2, 0.25) is 11.8 Å². The van der Waals surface area contributed by atoms with Crippen molar-refractivity contribution in [3.63, 3.8) is 0 Å². The quantitative estimate of drug-likeness (QED) is 0.856. The van der Waals surface area contributed by atoms with Crippen molar-refractivity contribution in [1.29, 1.82) is 0 Å². The van der Waals surface area contributed by atoms with Crippen LogP contribution in [0, 0.1) is 5.41 Å². The third-order valence-electron chi connectivity index (χ3n) is 4.01. The number of nitrogens with two attached hydrogens (primary N) is 1. The number of hydrogen-bond donors (Lipinski definition) is 2. The molecule has 1 aromatic rings. The minimum absolute atomic E-state index is 0.0355. The Bertz CT molecular complexity index is 447. The fraction of sp³-hybridized carbons (Fsp3) is 0.571. The Kier molecular flexibility index (Phi) is 4.04. The molecule has 1 fully saturated rings. The molecule has 0 radical (unpaired) electrons. The third kappa shape index (κ3) is 2.87. The van der Waals surface area contributed by atoms with Gasteiger partial charge in [-0.15, -0.1) is 0 Å². The van der Waals surface area contributed by atoms with Gasteiger partial charge in [-0.25, -0.2) is 4.98 Å². The van der Waals surface area contributed by atoms with E-state index in [0.717, 1.165) is 24.8 Å². The molecular weight excluding hydrogens is 242 g/mol. The minimum atomic E-state index is -0.431. The fourth-order valence-corrected chi connectivity index (χ4v) is 2.50. The van der Waals surface area contributed by atoms with Crippen LogP contribution >= 0.6 is 0 Å². The Labute approximate surface area is 113 Å². The van der Waals surface area contributed by atoms with Gasteiger partial charge < -0.3 is 15.8 Å². The first-order valence-corrected chi connectivity index (χ1v) is 6.59. The number of aromatic nitrogens is 1. The lowest BCUT2D eigenvalue weighted by Crippen LogP contribution is -2.47. The first-order valence-electron chi connectivity index (χ1n) is 6.59. The third-order valence-corrected chi connectivity index (χ3v) is 4.01. The molecule has 1 aromatic heterocycles. The molecule has 2 unspecified atom stereocenters. The van der Waals surface area contributed by atoms with E-state index in [0.29, 0.717) is 12.4 Å². The smallest absolute Gasteiger partial charge is 0.227 e. The Morgan fingerprint density at radius 3 is 2.95 bits per heavy atom. The van der Waals surface area contributed by atoms with Gasteiger partial charge in [0.1, 0.15) is 0 Å². The summed E-state index contributed by atoms with van der Waals surface area (Å²) in [6.45, 7) is 2.42. The summed E-state index contributed by atoms with van der Waals surface area (Å²) in [5.74, 6) is 0.605. The van der Waals surface area contributed by atoms with E-state index >= 15 is 0 Å². The zero-order valence-corrected chi connectivity index (χ0v) is 11.5. The van der Waals surface area contributed by atoms with E-state index in [9.17, 15) is 4.79 Å². The summed E-state index contributed by atoms with van der Waals surface area (Å²) in [6, 6.07) is 3.63. The van der Waals surface area contributed by atoms with E-state index in [1.807, 2.05) is 13.0 Å². The molecule has 3 N–H and O–H groups in total. The molecule has 2 rings (SSSR count). The van der Waals surface area contributed by atoms with Crippen molar-refractivity contribution < 1.29 is 9.53 Å². The van der Waals surface area contributed by atoms with Gasteiger partial charge in [-0.05, 0) is 25.3 Å². The molecule has 0 saturated heterocycles. The molecule has 0 bridgehead atoms. The molecule has 1 aliphatic carbocycles. The van der Waals surface area contributed by atoms with Crippen LogP contribution in [0.2, 0.25) is 0 Å². The second kappa shape index (κ2) is 5.57. The van der Waals surface area contributed by atoms with Crippen LogP contribution in [0.4, 0.5) is 0 Å². The fourth-order valence-electron chi connectivity index (χ4n) is 2.50. The number of methoxy groups -OCH3 is 1. The zero-order valence-electron chi connectivity index (χ0n) is 11.5. The molecule has 1 saturated carbocycles. The van der Waals surface area contributed by atoms with Gasteiger partial charge in [0.15, 0.2) is 0 Å². The number of pyridine rings is 1. The lowest BCUT2D eigenvalue weighted by Gasteiger charge is -2.27. The van der Waals surface area contributed by atoms with E-state index in [1.165, 1.54) is 0 Å². The van der Waals surface area contributed by atoms with Crippen molar-refractivity contribution in [2.75, 3.05) is 7.11 Å². The number of hydrogen-bond acceptors (Lipinski definition) is 4. The average molecular weight is 263 g/mol. The maximum atomic E-state index is 12.2. The molecule has 5 nitrogen and oxygen atoms in total. The molecule has 2 atom stereocenters. The summed E-state index contributed by atoms with van der Waals surface area (Å²) < 4.78 is 4.99.